The third-order valence-electron chi connectivity index (χ3n) is 4.58. The molecule has 21 heavy (non-hydrogen) atoms. The van der Waals surface area contributed by atoms with Crippen molar-refractivity contribution in [3.63, 3.8) is 0 Å². The summed E-state index contributed by atoms with van der Waals surface area (Å²) in [6, 6.07) is 6.54. The van der Waals surface area contributed by atoms with E-state index in [2.05, 4.69) is 65.1 Å². The van der Waals surface area contributed by atoms with Gasteiger partial charge >= 0.3 is 0 Å². The molecule has 0 aromatic heterocycles. The maximum Gasteiger partial charge on any atom is 0.127 e. The first-order valence-electron chi connectivity index (χ1n) is 8.30. The van der Waals surface area contributed by atoms with Crippen LogP contribution in [0.15, 0.2) is 18.2 Å². The highest BCUT2D eigenvalue weighted by Crippen LogP contribution is 2.37. The molecular weight excluding hydrogens is 258 g/mol. The Morgan fingerprint density at radius 2 is 1.81 bits per heavy atom. The van der Waals surface area contributed by atoms with Gasteiger partial charge in [-0.15, -0.1) is 0 Å². The molecular formula is C19H31NO. The standard InChI is InChI=1S/C19H31NO/c1-13(2)17(14(3)4)12-20-11-16-9-7-8-15-10-19(5,6)21-18(15)16/h7-9,13-14,17,20H,10-12H2,1-6H3. The van der Waals surface area contributed by atoms with E-state index in [9.17, 15) is 0 Å². The quantitative estimate of drug-likeness (QED) is 0.837. The van der Waals surface area contributed by atoms with E-state index in [0.29, 0.717) is 11.8 Å². The number of ether oxygens (including phenoxy) is 1. The van der Waals surface area contributed by atoms with Gasteiger partial charge in [0.1, 0.15) is 11.4 Å². The van der Waals surface area contributed by atoms with Crippen molar-refractivity contribution >= 4 is 0 Å². The molecule has 0 fully saturated rings. The van der Waals surface area contributed by atoms with E-state index in [1.54, 1.807) is 0 Å². The van der Waals surface area contributed by atoms with Crippen LogP contribution in [0, 0.1) is 17.8 Å². The molecule has 2 rings (SSSR count). The largest absolute Gasteiger partial charge is 0.487 e. The van der Waals surface area contributed by atoms with Crippen molar-refractivity contribution in [2.75, 3.05) is 6.54 Å². The van der Waals surface area contributed by atoms with Gasteiger partial charge in [-0.05, 0) is 43.7 Å². The van der Waals surface area contributed by atoms with Crippen LogP contribution < -0.4 is 10.1 Å². The molecule has 1 aliphatic rings. The number of rotatable bonds is 6. The Kier molecular flexibility index (Phi) is 4.98. The van der Waals surface area contributed by atoms with Gasteiger partial charge in [0.15, 0.2) is 0 Å². The fourth-order valence-corrected chi connectivity index (χ4v) is 3.43. The smallest absolute Gasteiger partial charge is 0.127 e. The maximum absolute atomic E-state index is 6.14. The molecule has 0 bridgehead atoms. The van der Waals surface area contributed by atoms with E-state index in [-0.39, 0.29) is 5.60 Å². The van der Waals surface area contributed by atoms with Crippen LogP contribution in [0.1, 0.15) is 52.7 Å². The molecule has 1 aromatic carbocycles. The second kappa shape index (κ2) is 6.39. The van der Waals surface area contributed by atoms with Crippen LogP contribution in [0.5, 0.6) is 5.75 Å². The zero-order valence-electron chi connectivity index (χ0n) is 14.5. The predicted octanol–water partition coefficient (Wildman–Crippen LogP) is 4.42. The molecule has 2 nitrogen and oxygen atoms in total. The fourth-order valence-electron chi connectivity index (χ4n) is 3.43. The van der Waals surface area contributed by atoms with Crippen molar-refractivity contribution in [1.82, 2.24) is 5.32 Å². The highest BCUT2D eigenvalue weighted by atomic mass is 16.5. The van der Waals surface area contributed by atoms with Crippen LogP contribution in [-0.2, 0) is 13.0 Å². The van der Waals surface area contributed by atoms with Crippen LogP contribution in [0.25, 0.3) is 0 Å². The van der Waals surface area contributed by atoms with Gasteiger partial charge in [-0.25, -0.2) is 0 Å². The van der Waals surface area contributed by atoms with Gasteiger partial charge in [-0.2, -0.15) is 0 Å². The first kappa shape index (κ1) is 16.4. The molecule has 118 valence electrons. The summed E-state index contributed by atoms with van der Waals surface area (Å²) in [5.74, 6) is 3.27. The van der Waals surface area contributed by atoms with Gasteiger partial charge < -0.3 is 10.1 Å². The lowest BCUT2D eigenvalue weighted by molar-refractivity contribution is 0.137. The van der Waals surface area contributed by atoms with E-state index in [1.165, 1.54) is 11.1 Å². The molecule has 1 N–H and O–H groups in total. The second-order valence-electron chi connectivity index (χ2n) is 7.73. The molecule has 0 saturated heterocycles. The Hall–Kier alpha value is -1.02. The number of nitrogens with one attached hydrogen (secondary N) is 1. The lowest BCUT2D eigenvalue weighted by Gasteiger charge is -2.25. The Balaban J connectivity index is 1.98. The fraction of sp³-hybridized carbons (Fsp3) is 0.684. The highest BCUT2D eigenvalue weighted by Gasteiger charge is 2.31. The lowest BCUT2D eigenvalue weighted by atomic mass is 9.85. The Labute approximate surface area is 130 Å². The third kappa shape index (κ3) is 4.00. The molecule has 0 atom stereocenters. The monoisotopic (exact) mass is 289 g/mol. The summed E-state index contributed by atoms with van der Waals surface area (Å²) in [7, 11) is 0. The summed E-state index contributed by atoms with van der Waals surface area (Å²) in [4.78, 5) is 0. The Bertz CT molecular complexity index is 468. The molecule has 1 aliphatic heterocycles. The number of benzene rings is 1. The van der Waals surface area contributed by atoms with Crippen LogP contribution >= 0.6 is 0 Å². The van der Waals surface area contributed by atoms with Gasteiger partial charge in [0, 0.05) is 18.5 Å². The van der Waals surface area contributed by atoms with Crippen LogP contribution in [0.3, 0.4) is 0 Å². The Morgan fingerprint density at radius 1 is 1.14 bits per heavy atom. The first-order valence-corrected chi connectivity index (χ1v) is 8.30. The van der Waals surface area contributed by atoms with Crippen LogP contribution in [-0.4, -0.2) is 12.1 Å². The highest BCUT2D eigenvalue weighted by molar-refractivity contribution is 5.45. The summed E-state index contributed by atoms with van der Waals surface area (Å²) in [6.07, 6.45) is 1.01. The lowest BCUT2D eigenvalue weighted by Crippen LogP contribution is -2.29. The van der Waals surface area contributed by atoms with E-state index in [1.807, 2.05) is 0 Å². The number of hydrogen-bond donors (Lipinski definition) is 1. The SMILES string of the molecule is CC(C)C(CNCc1cccc2c1OC(C)(C)C2)C(C)C. The normalized spacial score (nSPS) is 16.6. The number of para-hydroxylation sites is 1. The molecule has 2 heteroatoms. The molecule has 0 unspecified atom stereocenters. The van der Waals surface area contributed by atoms with Gasteiger partial charge in [-0.3, -0.25) is 0 Å². The number of fused-ring (bicyclic) bond motifs is 1. The van der Waals surface area contributed by atoms with E-state index in [0.717, 1.165) is 31.2 Å². The molecule has 0 spiro atoms. The average Bonchev–Trinajstić information content (AvgIpc) is 2.68. The van der Waals surface area contributed by atoms with Crippen molar-refractivity contribution < 1.29 is 4.74 Å². The van der Waals surface area contributed by atoms with Gasteiger partial charge in [0.05, 0.1) is 0 Å². The molecule has 0 amide bonds. The number of hydrogen-bond acceptors (Lipinski definition) is 2. The zero-order chi connectivity index (χ0) is 15.6. The minimum Gasteiger partial charge on any atom is -0.487 e. The zero-order valence-corrected chi connectivity index (χ0v) is 14.5. The first-order chi connectivity index (χ1) is 9.80. The van der Waals surface area contributed by atoms with E-state index >= 15 is 0 Å². The van der Waals surface area contributed by atoms with Crippen LogP contribution in [0.2, 0.25) is 0 Å². The predicted molar refractivity (Wildman–Crippen MR) is 89.7 cm³/mol. The maximum atomic E-state index is 6.14. The summed E-state index contributed by atoms with van der Waals surface area (Å²) in [5, 5.41) is 3.64. The van der Waals surface area contributed by atoms with Crippen molar-refractivity contribution in [3.05, 3.63) is 29.3 Å². The van der Waals surface area contributed by atoms with E-state index in [4.69, 9.17) is 4.74 Å². The summed E-state index contributed by atoms with van der Waals surface area (Å²) in [5.41, 5.74) is 2.59. The van der Waals surface area contributed by atoms with Crippen molar-refractivity contribution in [3.8, 4) is 5.75 Å². The molecule has 1 aromatic rings. The second-order valence-corrected chi connectivity index (χ2v) is 7.73. The summed E-state index contributed by atoms with van der Waals surface area (Å²) in [6.45, 7) is 15.6. The molecule has 0 saturated carbocycles. The average molecular weight is 289 g/mol. The van der Waals surface area contributed by atoms with E-state index < -0.39 is 0 Å². The Morgan fingerprint density at radius 3 is 2.43 bits per heavy atom. The van der Waals surface area contributed by atoms with Gasteiger partial charge in [0.2, 0.25) is 0 Å². The summed E-state index contributed by atoms with van der Waals surface area (Å²) < 4.78 is 6.14. The van der Waals surface area contributed by atoms with Crippen molar-refractivity contribution in [2.45, 2.75) is 60.1 Å². The van der Waals surface area contributed by atoms with Crippen molar-refractivity contribution in [1.29, 1.82) is 0 Å². The molecule has 0 aliphatic carbocycles. The minimum absolute atomic E-state index is 0.0587. The van der Waals surface area contributed by atoms with Crippen LogP contribution in [0.4, 0.5) is 0 Å². The van der Waals surface area contributed by atoms with Gasteiger partial charge in [0.25, 0.3) is 0 Å². The topological polar surface area (TPSA) is 21.3 Å². The third-order valence-corrected chi connectivity index (χ3v) is 4.58. The van der Waals surface area contributed by atoms with Crippen molar-refractivity contribution in [2.24, 2.45) is 17.8 Å². The summed E-state index contributed by atoms with van der Waals surface area (Å²) >= 11 is 0. The van der Waals surface area contributed by atoms with Gasteiger partial charge in [-0.1, -0.05) is 45.9 Å². The minimum atomic E-state index is -0.0587. The molecule has 0 radical (unpaired) electrons. The molecule has 1 heterocycles.